The van der Waals surface area contributed by atoms with Gasteiger partial charge in [-0.15, -0.1) is 11.3 Å². The summed E-state index contributed by atoms with van der Waals surface area (Å²) in [6, 6.07) is 12.5. The summed E-state index contributed by atoms with van der Waals surface area (Å²) in [4.78, 5) is 1.24. The van der Waals surface area contributed by atoms with Crippen LogP contribution in [0.2, 0.25) is 0 Å². The lowest BCUT2D eigenvalue weighted by Gasteiger charge is -2.13. The van der Waals surface area contributed by atoms with E-state index in [1.165, 1.54) is 10.4 Å². The molecule has 2 aromatic rings. The average molecular weight is 261 g/mol. The van der Waals surface area contributed by atoms with Gasteiger partial charge in [0.25, 0.3) is 0 Å². The predicted octanol–water partition coefficient (Wildman–Crippen LogP) is 3.61. The van der Waals surface area contributed by atoms with Crippen LogP contribution in [0.3, 0.4) is 0 Å². The van der Waals surface area contributed by atoms with Crippen molar-refractivity contribution in [1.29, 1.82) is 0 Å². The molecule has 0 bridgehead atoms. The van der Waals surface area contributed by atoms with Crippen molar-refractivity contribution in [3.63, 3.8) is 0 Å². The molecule has 0 aliphatic carbocycles. The predicted molar refractivity (Wildman–Crippen MR) is 77.1 cm³/mol. The molecule has 2 rings (SSSR count). The number of rotatable bonds is 6. The molecule has 1 aromatic carbocycles. The van der Waals surface area contributed by atoms with Gasteiger partial charge in [-0.2, -0.15) is 0 Å². The van der Waals surface area contributed by atoms with Crippen LogP contribution in [0.15, 0.2) is 41.8 Å². The molecule has 0 saturated carbocycles. The molecule has 3 heteroatoms. The molecule has 1 heterocycles. The third-order valence-corrected chi connectivity index (χ3v) is 3.78. The average Bonchev–Trinajstić information content (AvgIpc) is 2.91. The summed E-state index contributed by atoms with van der Waals surface area (Å²) in [5.74, 6) is 0.954. The van der Waals surface area contributed by atoms with E-state index in [-0.39, 0.29) is 6.04 Å². The summed E-state index contributed by atoms with van der Waals surface area (Å²) >= 11 is 1.72. The molecule has 0 spiro atoms. The fourth-order valence-corrected chi connectivity index (χ4v) is 2.40. The van der Waals surface area contributed by atoms with Crippen LogP contribution in [0.25, 0.3) is 0 Å². The molecular formula is C15H19NOS. The lowest BCUT2D eigenvalue weighted by molar-refractivity contribution is 0.305. The van der Waals surface area contributed by atoms with E-state index in [1.54, 1.807) is 11.3 Å². The molecule has 1 atom stereocenters. The van der Waals surface area contributed by atoms with Crippen molar-refractivity contribution in [3.05, 3.63) is 52.2 Å². The van der Waals surface area contributed by atoms with E-state index >= 15 is 0 Å². The molecule has 0 radical (unpaired) electrons. The molecule has 0 saturated heterocycles. The van der Waals surface area contributed by atoms with E-state index in [4.69, 9.17) is 10.5 Å². The Morgan fingerprint density at radius 2 is 2.06 bits per heavy atom. The van der Waals surface area contributed by atoms with Gasteiger partial charge in [-0.1, -0.05) is 31.2 Å². The Hall–Kier alpha value is -1.32. The van der Waals surface area contributed by atoms with Crippen LogP contribution >= 0.6 is 11.3 Å². The van der Waals surface area contributed by atoms with Crippen LogP contribution in [0.5, 0.6) is 5.75 Å². The normalized spacial score (nSPS) is 12.3. The van der Waals surface area contributed by atoms with Crippen molar-refractivity contribution < 1.29 is 4.74 Å². The molecular weight excluding hydrogens is 242 g/mol. The molecule has 2 N–H and O–H groups in total. The lowest BCUT2D eigenvalue weighted by atomic mass is 10.0. The first-order valence-electron chi connectivity index (χ1n) is 6.28. The Labute approximate surface area is 112 Å². The van der Waals surface area contributed by atoms with Gasteiger partial charge in [0.15, 0.2) is 0 Å². The summed E-state index contributed by atoms with van der Waals surface area (Å²) in [7, 11) is 0. The zero-order chi connectivity index (χ0) is 12.8. The van der Waals surface area contributed by atoms with Gasteiger partial charge < -0.3 is 10.5 Å². The number of ether oxygens (including phenoxy) is 1. The smallest absolute Gasteiger partial charge is 0.123 e. The van der Waals surface area contributed by atoms with E-state index in [1.807, 2.05) is 24.3 Å². The number of nitrogens with two attached hydrogens (primary N) is 1. The van der Waals surface area contributed by atoms with E-state index in [0.29, 0.717) is 6.61 Å². The Kier molecular flexibility index (Phi) is 4.79. The summed E-state index contributed by atoms with van der Waals surface area (Å²) < 4.78 is 5.88. The number of hydrogen-bond acceptors (Lipinski definition) is 3. The van der Waals surface area contributed by atoms with Gasteiger partial charge in [0.1, 0.15) is 12.4 Å². The zero-order valence-electron chi connectivity index (χ0n) is 10.6. The maximum Gasteiger partial charge on any atom is 0.123 e. The van der Waals surface area contributed by atoms with Crippen molar-refractivity contribution in [2.75, 3.05) is 0 Å². The standard InChI is InChI=1S/C15H19NOS/c1-2-13(16)10-12-6-3-4-8-15(12)17-11-14-7-5-9-18-14/h3-9,13H,2,10-11,16H2,1H3. The zero-order valence-corrected chi connectivity index (χ0v) is 11.5. The highest BCUT2D eigenvalue weighted by atomic mass is 32.1. The van der Waals surface area contributed by atoms with Crippen molar-refractivity contribution in [3.8, 4) is 5.75 Å². The van der Waals surface area contributed by atoms with Gasteiger partial charge in [0.2, 0.25) is 0 Å². The van der Waals surface area contributed by atoms with Crippen molar-refractivity contribution in [2.45, 2.75) is 32.4 Å². The number of benzene rings is 1. The van der Waals surface area contributed by atoms with Gasteiger partial charge in [0.05, 0.1) is 0 Å². The summed E-state index contributed by atoms with van der Waals surface area (Å²) in [5.41, 5.74) is 7.21. The SMILES string of the molecule is CCC(N)Cc1ccccc1OCc1cccs1. The minimum atomic E-state index is 0.205. The lowest BCUT2D eigenvalue weighted by Crippen LogP contribution is -2.21. The van der Waals surface area contributed by atoms with Crippen LogP contribution in [0.1, 0.15) is 23.8 Å². The second-order valence-corrected chi connectivity index (χ2v) is 5.38. The Morgan fingerprint density at radius 1 is 1.22 bits per heavy atom. The van der Waals surface area contributed by atoms with Gasteiger partial charge >= 0.3 is 0 Å². The Morgan fingerprint density at radius 3 is 2.78 bits per heavy atom. The topological polar surface area (TPSA) is 35.2 Å². The Bertz CT molecular complexity index is 467. The van der Waals surface area contributed by atoms with Gasteiger partial charge in [-0.3, -0.25) is 0 Å². The summed E-state index contributed by atoms with van der Waals surface area (Å²) in [6.45, 7) is 2.75. The highest BCUT2D eigenvalue weighted by molar-refractivity contribution is 7.09. The van der Waals surface area contributed by atoms with Gasteiger partial charge in [-0.25, -0.2) is 0 Å². The van der Waals surface area contributed by atoms with Crippen LogP contribution in [0, 0.1) is 0 Å². The molecule has 2 nitrogen and oxygen atoms in total. The Balaban J connectivity index is 2.02. The highest BCUT2D eigenvalue weighted by Gasteiger charge is 2.07. The van der Waals surface area contributed by atoms with Crippen LogP contribution in [0.4, 0.5) is 0 Å². The first-order chi connectivity index (χ1) is 8.79. The summed E-state index contributed by atoms with van der Waals surface area (Å²) in [5, 5.41) is 2.07. The molecule has 18 heavy (non-hydrogen) atoms. The number of para-hydroxylation sites is 1. The minimum absolute atomic E-state index is 0.205. The largest absolute Gasteiger partial charge is 0.488 e. The number of hydrogen-bond donors (Lipinski definition) is 1. The highest BCUT2D eigenvalue weighted by Crippen LogP contribution is 2.22. The fourth-order valence-electron chi connectivity index (χ4n) is 1.78. The third kappa shape index (κ3) is 3.59. The maximum absolute atomic E-state index is 6.01. The maximum atomic E-state index is 6.01. The monoisotopic (exact) mass is 261 g/mol. The molecule has 0 amide bonds. The molecule has 1 aromatic heterocycles. The quantitative estimate of drug-likeness (QED) is 0.862. The van der Waals surface area contributed by atoms with Crippen LogP contribution in [-0.2, 0) is 13.0 Å². The van der Waals surface area contributed by atoms with Gasteiger partial charge in [-0.05, 0) is 35.9 Å². The first-order valence-corrected chi connectivity index (χ1v) is 7.16. The van der Waals surface area contributed by atoms with E-state index in [0.717, 1.165) is 18.6 Å². The molecule has 0 fully saturated rings. The van der Waals surface area contributed by atoms with Crippen LogP contribution < -0.4 is 10.5 Å². The first kappa shape index (κ1) is 13.1. The second kappa shape index (κ2) is 6.57. The van der Waals surface area contributed by atoms with Crippen LogP contribution in [-0.4, -0.2) is 6.04 Å². The van der Waals surface area contributed by atoms with E-state index in [9.17, 15) is 0 Å². The molecule has 0 aliphatic rings. The second-order valence-electron chi connectivity index (χ2n) is 4.35. The molecule has 1 unspecified atom stereocenters. The fraction of sp³-hybridized carbons (Fsp3) is 0.333. The van der Waals surface area contributed by atoms with Crippen molar-refractivity contribution in [2.24, 2.45) is 5.73 Å². The molecule has 96 valence electrons. The summed E-state index contributed by atoms with van der Waals surface area (Å²) in [6.07, 6.45) is 1.86. The van der Waals surface area contributed by atoms with Gasteiger partial charge in [0, 0.05) is 10.9 Å². The number of thiophene rings is 1. The van der Waals surface area contributed by atoms with Crippen molar-refractivity contribution >= 4 is 11.3 Å². The van der Waals surface area contributed by atoms with Crippen molar-refractivity contribution in [1.82, 2.24) is 0 Å². The van der Waals surface area contributed by atoms with E-state index in [2.05, 4.69) is 24.4 Å². The molecule has 0 aliphatic heterocycles. The third-order valence-electron chi connectivity index (χ3n) is 2.93. The van der Waals surface area contributed by atoms with E-state index < -0.39 is 0 Å². The minimum Gasteiger partial charge on any atom is -0.488 e.